The quantitative estimate of drug-likeness (QED) is 0.675. The van der Waals surface area contributed by atoms with E-state index in [9.17, 15) is 9.59 Å². The molecule has 76 valence electrons. The molecule has 0 amide bonds. The summed E-state index contributed by atoms with van der Waals surface area (Å²) in [6.45, 7) is 3.67. The van der Waals surface area contributed by atoms with Crippen molar-refractivity contribution in [1.29, 1.82) is 0 Å². The van der Waals surface area contributed by atoms with Crippen LogP contribution < -0.4 is 0 Å². The lowest BCUT2D eigenvalue weighted by molar-refractivity contribution is 0.0825. The minimum atomic E-state index is -0.415. The van der Waals surface area contributed by atoms with Gasteiger partial charge in [-0.05, 0) is 10.9 Å². The predicted molar refractivity (Wildman–Crippen MR) is 62.7 cm³/mol. The maximum atomic E-state index is 11.9. The van der Waals surface area contributed by atoms with Crippen LogP contribution in [0.5, 0.6) is 0 Å². The van der Waals surface area contributed by atoms with Crippen LogP contribution >= 0.6 is 0 Å². The van der Waals surface area contributed by atoms with Crippen molar-refractivity contribution in [2.45, 2.75) is 0 Å². The molecule has 2 heteroatoms. The van der Waals surface area contributed by atoms with Crippen molar-refractivity contribution in [3.8, 4) is 0 Å². The summed E-state index contributed by atoms with van der Waals surface area (Å²) in [5.74, 6) is -0.823. The maximum absolute atomic E-state index is 11.9. The van der Waals surface area contributed by atoms with E-state index in [2.05, 4.69) is 6.58 Å². The van der Waals surface area contributed by atoms with E-state index in [0.717, 1.165) is 16.3 Å². The first-order valence-corrected chi connectivity index (χ1v) is 5.01. The summed E-state index contributed by atoms with van der Waals surface area (Å²) >= 11 is 0. The standard InChI is InChI=1S/C14H8O2/c1-2-8-6-7-9-4-3-5-10-11(9)12(8)14(16)13(10)15/h2-7H,1H2. The number of benzene rings is 2. The van der Waals surface area contributed by atoms with E-state index < -0.39 is 11.6 Å². The fourth-order valence-corrected chi connectivity index (χ4v) is 2.24. The summed E-state index contributed by atoms with van der Waals surface area (Å²) in [7, 11) is 0. The fourth-order valence-electron chi connectivity index (χ4n) is 2.24. The van der Waals surface area contributed by atoms with Gasteiger partial charge in [-0.2, -0.15) is 0 Å². The second kappa shape index (κ2) is 2.89. The number of hydrogen-bond acceptors (Lipinski definition) is 2. The summed E-state index contributed by atoms with van der Waals surface area (Å²) in [6, 6.07) is 9.13. The molecule has 0 aromatic heterocycles. The Hall–Kier alpha value is -2.22. The molecule has 0 saturated heterocycles. The summed E-state index contributed by atoms with van der Waals surface area (Å²) in [6.07, 6.45) is 1.61. The highest BCUT2D eigenvalue weighted by molar-refractivity contribution is 6.57. The number of rotatable bonds is 1. The average molecular weight is 208 g/mol. The van der Waals surface area contributed by atoms with Gasteiger partial charge in [-0.15, -0.1) is 0 Å². The van der Waals surface area contributed by atoms with Crippen molar-refractivity contribution in [3.63, 3.8) is 0 Å². The van der Waals surface area contributed by atoms with Gasteiger partial charge in [0.2, 0.25) is 11.6 Å². The molecule has 0 aliphatic heterocycles. The van der Waals surface area contributed by atoms with Gasteiger partial charge in [0, 0.05) is 16.5 Å². The van der Waals surface area contributed by atoms with E-state index in [-0.39, 0.29) is 0 Å². The Morgan fingerprint density at radius 3 is 2.56 bits per heavy atom. The SMILES string of the molecule is C=Cc1ccc2cccc3c2c1C(=O)C3=O. The van der Waals surface area contributed by atoms with Crippen LogP contribution in [0.2, 0.25) is 0 Å². The van der Waals surface area contributed by atoms with Crippen molar-refractivity contribution in [2.24, 2.45) is 0 Å². The van der Waals surface area contributed by atoms with Crippen LogP contribution in [0.15, 0.2) is 36.9 Å². The van der Waals surface area contributed by atoms with Crippen LogP contribution in [0.4, 0.5) is 0 Å². The lowest BCUT2D eigenvalue weighted by Crippen LogP contribution is -2.07. The fraction of sp³-hybridized carbons (Fsp3) is 0. The van der Waals surface area contributed by atoms with E-state index in [1.54, 1.807) is 18.2 Å². The molecule has 1 aliphatic carbocycles. The predicted octanol–water partition coefficient (Wildman–Crippen LogP) is 2.86. The highest BCUT2D eigenvalue weighted by Crippen LogP contribution is 2.33. The number of hydrogen-bond donors (Lipinski definition) is 0. The number of ketones is 2. The number of carbonyl (C=O) groups is 2. The molecule has 0 bridgehead atoms. The van der Waals surface area contributed by atoms with Crippen LogP contribution in [-0.2, 0) is 0 Å². The Labute approximate surface area is 92.2 Å². The average Bonchev–Trinajstić information content (AvgIpc) is 2.58. The van der Waals surface area contributed by atoms with E-state index in [1.807, 2.05) is 18.2 Å². The highest BCUT2D eigenvalue weighted by atomic mass is 16.2. The zero-order chi connectivity index (χ0) is 11.3. The molecule has 16 heavy (non-hydrogen) atoms. The minimum Gasteiger partial charge on any atom is -0.285 e. The lowest BCUT2D eigenvalue weighted by atomic mass is 10.00. The van der Waals surface area contributed by atoms with Gasteiger partial charge in [-0.3, -0.25) is 9.59 Å². The summed E-state index contributed by atoms with van der Waals surface area (Å²) < 4.78 is 0. The van der Waals surface area contributed by atoms with Gasteiger partial charge >= 0.3 is 0 Å². The second-order valence-corrected chi connectivity index (χ2v) is 3.80. The molecule has 0 spiro atoms. The highest BCUT2D eigenvalue weighted by Gasteiger charge is 2.31. The molecule has 3 rings (SSSR count). The third-order valence-corrected chi connectivity index (χ3v) is 2.98. The van der Waals surface area contributed by atoms with Gasteiger partial charge in [0.1, 0.15) is 0 Å². The first-order chi connectivity index (χ1) is 7.74. The Balaban J connectivity index is 2.60. The second-order valence-electron chi connectivity index (χ2n) is 3.80. The van der Waals surface area contributed by atoms with Gasteiger partial charge in [0.05, 0.1) is 0 Å². The maximum Gasteiger partial charge on any atom is 0.234 e. The molecule has 0 atom stereocenters. The number of Topliss-reactive ketones (excluding diaryl/α,β-unsaturated/α-hetero) is 2. The van der Waals surface area contributed by atoms with E-state index in [1.165, 1.54) is 0 Å². The first-order valence-electron chi connectivity index (χ1n) is 5.01. The zero-order valence-corrected chi connectivity index (χ0v) is 8.49. The Morgan fingerprint density at radius 2 is 1.81 bits per heavy atom. The molecular weight excluding hydrogens is 200 g/mol. The van der Waals surface area contributed by atoms with Crippen LogP contribution in [0.1, 0.15) is 26.3 Å². The topological polar surface area (TPSA) is 34.1 Å². The van der Waals surface area contributed by atoms with E-state index >= 15 is 0 Å². The third kappa shape index (κ3) is 0.910. The van der Waals surface area contributed by atoms with Gasteiger partial charge in [0.25, 0.3) is 0 Å². The third-order valence-electron chi connectivity index (χ3n) is 2.98. The van der Waals surface area contributed by atoms with Crippen molar-refractivity contribution in [1.82, 2.24) is 0 Å². The van der Waals surface area contributed by atoms with Crippen LogP contribution in [0, 0.1) is 0 Å². The molecule has 2 aromatic rings. The lowest BCUT2D eigenvalue weighted by Gasteiger charge is -2.02. The van der Waals surface area contributed by atoms with Crippen molar-refractivity contribution in [3.05, 3.63) is 53.6 Å². The van der Waals surface area contributed by atoms with Crippen LogP contribution in [0.25, 0.3) is 16.8 Å². The molecule has 2 aromatic carbocycles. The molecule has 0 fully saturated rings. The van der Waals surface area contributed by atoms with Gasteiger partial charge in [-0.1, -0.05) is 43.0 Å². The van der Waals surface area contributed by atoms with Crippen molar-refractivity contribution in [2.75, 3.05) is 0 Å². The summed E-state index contributed by atoms with van der Waals surface area (Å²) in [5.41, 5.74) is 1.75. The monoisotopic (exact) mass is 208 g/mol. The Bertz CT molecular complexity index is 666. The molecular formula is C14H8O2. The van der Waals surface area contributed by atoms with Crippen molar-refractivity contribution < 1.29 is 9.59 Å². The van der Waals surface area contributed by atoms with Crippen LogP contribution in [0.3, 0.4) is 0 Å². The normalized spacial score (nSPS) is 13.5. The van der Waals surface area contributed by atoms with Gasteiger partial charge < -0.3 is 0 Å². The molecule has 0 N–H and O–H groups in total. The smallest absolute Gasteiger partial charge is 0.234 e. The number of carbonyl (C=O) groups excluding carboxylic acids is 2. The minimum absolute atomic E-state index is 0.408. The largest absolute Gasteiger partial charge is 0.285 e. The van der Waals surface area contributed by atoms with Crippen LogP contribution in [-0.4, -0.2) is 11.6 Å². The van der Waals surface area contributed by atoms with Gasteiger partial charge in [0.15, 0.2) is 0 Å². The first kappa shape index (κ1) is 9.04. The zero-order valence-electron chi connectivity index (χ0n) is 8.49. The van der Waals surface area contributed by atoms with E-state index in [4.69, 9.17) is 0 Å². The molecule has 0 unspecified atom stereocenters. The molecule has 1 aliphatic rings. The Morgan fingerprint density at radius 1 is 1.00 bits per heavy atom. The van der Waals surface area contributed by atoms with Crippen molar-refractivity contribution >= 4 is 28.4 Å². The van der Waals surface area contributed by atoms with E-state index in [0.29, 0.717) is 11.1 Å². The molecule has 0 saturated carbocycles. The van der Waals surface area contributed by atoms with Gasteiger partial charge in [-0.25, -0.2) is 0 Å². The summed E-state index contributed by atoms with van der Waals surface area (Å²) in [5, 5.41) is 1.70. The molecule has 0 radical (unpaired) electrons. The molecule has 2 nitrogen and oxygen atoms in total. The molecule has 0 heterocycles. The summed E-state index contributed by atoms with van der Waals surface area (Å²) in [4.78, 5) is 23.6. The Kier molecular flexibility index (Phi) is 1.63.